The molecular weight excluding hydrogens is 216 g/mol. The van der Waals surface area contributed by atoms with Crippen LogP contribution >= 0.6 is 0 Å². The van der Waals surface area contributed by atoms with Crippen molar-refractivity contribution in [3.05, 3.63) is 5.92 Å². The van der Waals surface area contributed by atoms with Crippen LogP contribution in [0.25, 0.3) is 0 Å². The molecule has 0 heteroatoms. The first kappa shape index (κ1) is 10.7. The average molecular weight is 243 g/mol. The van der Waals surface area contributed by atoms with Gasteiger partial charge in [0.15, 0.2) is 0 Å². The molecule has 1 radical (unpaired) electrons. The van der Waals surface area contributed by atoms with Crippen molar-refractivity contribution in [2.45, 2.75) is 70.6 Å². The van der Waals surface area contributed by atoms with E-state index in [9.17, 15) is 0 Å². The number of rotatable bonds is 1. The fraction of sp³-hybridized carbons (Fsp3) is 0.944. The second-order valence-electron chi connectivity index (χ2n) is 8.59. The second kappa shape index (κ2) is 3.55. The Morgan fingerprint density at radius 2 is 1.33 bits per heavy atom. The maximum absolute atomic E-state index is 2.08. The van der Waals surface area contributed by atoms with Gasteiger partial charge in [-0.1, -0.05) is 0 Å². The highest BCUT2D eigenvalue weighted by Gasteiger charge is 2.57. The predicted molar refractivity (Wildman–Crippen MR) is 73.9 cm³/mol. The fourth-order valence-electron chi connectivity index (χ4n) is 7.32. The van der Waals surface area contributed by atoms with E-state index in [1.165, 1.54) is 0 Å². The van der Waals surface area contributed by atoms with Gasteiger partial charge < -0.3 is 0 Å². The van der Waals surface area contributed by atoms with Crippen molar-refractivity contribution in [2.24, 2.45) is 35.0 Å². The van der Waals surface area contributed by atoms with E-state index in [0.29, 0.717) is 0 Å². The second-order valence-corrected chi connectivity index (χ2v) is 8.59. The third kappa shape index (κ3) is 1.33. The van der Waals surface area contributed by atoms with Crippen LogP contribution in [-0.4, -0.2) is 0 Å². The molecule has 3 atom stereocenters. The summed E-state index contributed by atoms with van der Waals surface area (Å²) < 4.78 is 0. The summed E-state index contributed by atoms with van der Waals surface area (Å²) in [7, 11) is 0. The van der Waals surface area contributed by atoms with Crippen molar-refractivity contribution >= 4 is 0 Å². The van der Waals surface area contributed by atoms with E-state index in [-0.39, 0.29) is 0 Å². The Hall–Kier alpha value is 0. The van der Waals surface area contributed by atoms with Gasteiger partial charge in [0, 0.05) is 0 Å². The maximum atomic E-state index is 2.08. The van der Waals surface area contributed by atoms with Gasteiger partial charge in [-0.05, 0) is 112 Å². The molecule has 6 bridgehead atoms. The first-order chi connectivity index (χ1) is 8.82. The Morgan fingerprint density at radius 3 is 1.89 bits per heavy atom. The van der Waals surface area contributed by atoms with Crippen molar-refractivity contribution in [1.29, 1.82) is 0 Å². The lowest BCUT2D eigenvalue weighted by molar-refractivity contribution is -0.0752. The molecule has 0 heterocycles. The third-order valence-corrected chi connectivity index (χ3v) is 7.76. The molecule has 7 aliphatic rings. The molecule has 0 aromatic carbocycles. The first-order valence-corrected chi connectivity index (χ1v) is 8.67. The van der Waals surface area contributed by atoms with Crippen LogP contribution < -0.4 is 0 Å². The van der Waals surface area contributed by atoms with Crippen molar-refractivity contribution in [1.82, 2.24) is 0 Å². The lowest BCUT2D eigenvalue weighted by Gasteiger charge is -2.63. The Labute approximate surface area is 112 Å². The molecule has 7 saturated carbocycles. The zero-order chi connectivity index (χ0) is 11.7. The van der Waals surface area contributed by atoms with Crippen LogP contribution in [0, 0.1) is 40.9 Å². The van der Waals surface area contributed by atoms with Gasteiger partial charge >= 0.3 is 0 Å². The number of fused-ring (bicyclic) bond motifs is 3. The van der Waals surface area contributed by atoms with Crippen LogP contribution in [-0.2, 0) is 0 Å². The van der Waals surface area contributed by atoms with Crippen LogP contribution in [0.5, 0.6) is 0 Å². The molecule has 0 aromatic rings. The lowest BCUT2D eigenvalue weighted by Crippen LogP contribution is -2.53. The highest BCUT2D eigenvalue weighted by atomic mass is 14.6. The summed E-state index contributed by atoms with van der Waals surface area (Å²) in [5, 5.41) is 0. The van der Waals surface area contributed by atoms with Crippen LogP contribution in [0.3, 0.4) is 0 Å². The molecule has 7 rings (SSSR count). The summed E-state index contributed by atoms with van der Waals surface area (Å²) in [6.07, 6.45) is 17.5. The standard InChI is InChI=1S/C18H27/c1-4-18(5-2-12(1)3-6-18)17-15-8-13-7-14(10-15)11-16(17)9-13/h12-15,17H,1-11H2. The third-order valence-electron chi connectivity index (χ3n) is 7.76. The Bertz CT molecular complexity index is 305. The minimum absolute atomic E-state index is 0.821. The summed E-state index contributed by atoms with van der Waals surface area (Å²) in [5.41, 5.74) is 0.821. The van der Waals surface area contributed by atoms with E-state index in [0.717, 1.165) is 35.0 Å². The van der Waals surface area contributed by atoms with Crippen LogP contribution in [0.4, 0.5) is 0 Å². The topological polar surface area (TPSA) is 0 Å². The van der Waals surface area contributed by atoms with Gasteiger partial charge in [0.05, 0.1) is 0 Å². The Morgan fingerprint density at radius 1 is 0.722 bits per heavy atom. The quantitative estimate of drug-likeness (QED) is 0.609. The van der Waals surface area contributed by atoms with Crippen LogP contribution in [0.15, 0.2) is 0 Å². The zero-order valence-corrected chi connectivity index (χ0v) is 11.7. The molecule has 0 spiro atoms. The summed E-state index contributed by atoms with van der Waals surface area (Å²) >= 11 is 0. The summed E-state index contributed by atoms with van der Waals surface area (Å²) in [4.78, 5) is 0. The van der Waals surface area contributed by atoms with E-state index in [1.54, 1.807) is 70.6 Å². The molecule has 7 aliphatic carbocycles. The van der Waals surface area contributed by atoms with Gasteiger partial charge in [-0.3, -0.25) is 0 Å². The summed E-state index contributed by atoms with van der Waals surface area (Å²) in [6.45, 7) is 0. The van der Waals surface area contributed by atoms with Gasteiger partial charge in [0.2, 0.25) is 0 Å². The fourth-order valence-corrected chi connectivity index (χ4v) is 7.32. The molecule has 0 aromatic heterocycles. The minimum Gasteiger partial charge on any atom is -0.0499 e. The SMILES string of the molecule is C1CC2(C3[C]4CC5CC(C4)CC3C5)CCC1CC2. The van der Waals surface area contributed by atoms with Crippen molar-refractivity contribution < 1.29 is 0 Å². The van der Waals surface area contributed by atoms with Gasteiger partial charge in [0.1, 0.15) is 0 Å². The van der Waals surface area contributed by atoms with Gasteiger partial charge in [-0.15, -0.1) is 0 Å². The minimum atomic E-state index is 0.821. The smallest absolute Gasteiger partial charge is 0.0196 e. The maximum Gasteiger partial charge on any atom is -0.0196 e. The molecule has 0 saturated heterocycles. The summed E-state index contributed by atoms with van der Waals surface area (Å²) in [6, 6.07) is 0. The van der Waals surface area contributed by atoms with Crippen molar-refractivity contribution in [3.63, 3.8) is 0 Å². The van der Waals surface area contributed by atoms with Gasteiger partial charge in [-0.2, -0.15) is 0 Å². The Balaban J connectivity index is 1.49. The van der Waals surface area contributed by atoms with E-state index in [2.05, 4.69) is 5.92 Å². The summed E-state index contributed by atoms with van der Waals surface area (Å²) in [5.74, 6) is 7.72. The molecule has 0 aliphatic heterocycles. The molecule has 3 unspecified atom stereocenters. The molecule has 18 heavy (non-hydrogen) atoms. The molecular formula is C18H27. The van der Waals surface area contributed by atoms with E-state index in [1.807, 2.05) is 0 Å². The molecule has 7 fully saturated rings. The molecule has 0 nitrogen and oxygen atoms in total. The van der Waals surface area contributed by atoms with Crippen LogP contribution in [0.1, 0.15) is 70.6 Å². The first-order valence-electron chi connectivity index (χ1n) is 8.67. The largest absolute Gasteiger partial charge is 0.0499 e. The van der Waals surface area contributed by atoms with E-state index < -0.39 is 0 Å². The highest BCUT2D eigenvalue weighted by Crippen LogP contribution is 2.67. The molecule has 99 valence electrons. The van der Waals surface area contributed by atoms with Gasteiger partial charge in [-0.25, -0.2) is 0 Å². The normalized spacial score (nSPS) is 58.3. The Kier molecular flexibility index (Phi) is 2.12. The predicted octanol–water partition coefficient (Wildman–Crippen LogP) is 4.99. The number of hydrogen-bond acceptors (Lipinski definition) is 0. The number of hydrogen-bond donors (Lipinski definition) is 0. The molecule has 0 N–H and O–H groups in total. The molecule has 0 amide bonds. The van der Waals surface area contributed by atoms with Gasteiger partial charge in [0.25, 0.3) is 0 Å². The van der Waals surface area contributed by atoms with Crippen molar-refractivity contribution in [2.75, 3.05) is 0 Å². The van der Waals surface area contributed by atoms with Crippen molar-refractivity contribution in [3.8, 4) is 0 Å². The lowest BCUT2D eigenvalue weighted by atomic mass is 9.42. The highest BCUT2D eigenvalue weighted by molar-refractivity contribution is 5.18. The van der Waals surface area contributed by atoms with Crippen LogP contribution in [0.2, 0.25) is 0 Å². The average Bonchev–Trinajstić information content (AvgIpc) is 2.39. The zero-order valence-electron chi connectivity index (χ0n) is 11.7. The monoisotopic (exact) mass is 243 g/mol. The van der Waals surface area contributed by atoms with E-state index >= 15 is 0 Å². The van der Waals surface area contributed by atoms with E-state index in [4.69, 9.17) is 0 Å².